The van der Waals surface area contributed by atoms with Crippen LogP contribution in [0.25, 0.3) is 11.3 Å². The second-order valence-electron chi connectivity index (χ2n) is 10.1. The van der Waals surface area contributed by atoms with Crippen molar-refractivity contribution in [3.05, 3.63) is 76.7 Å². The van der Waals surface area contributed by atoms with Crippen molar-refractivity contribution in [3.63, 3.8) is 0 Å². The largest absolute Gasteiger partial charge is 0.497 e. The molecule has 2 heterocycles. The molecule has 2 aromatic carbocycles. The average Bonchev–Trinajstić information content (AvgIpc) is 3.32. The number of aryl methyl sites for hydroxylation is 4. The van der Waals surface area contributed by atoms with Crippen LogP contribution in [0.1, 0.15) is 35.7 Å². The van der Waals surface area contributed by atoms with Crippen LogP contribution in [0.4, 0.5) is 9.18 Å². The number of nitrogens with zero attached hydrogens (tertiary/aromatic N) is 3. The molecule has 8 heteroatoms. The molecular weight excluding hydrogens is 497 g/mol. The summed E-state index contributed by atoms with van der Waals surface area (Å²) < 4.78 is 26.7. The van der Waals surface area contributed by atoms with Crippen LogP contribution in [0.15, 0.2) is 48.5 Å². The van der Waals surface area contributed by atoms with Crippen molar-refractivity contribution in [3.8, 4) is 17.0 Å². The summed E-state index contributed by atoms with van der Waals surface area (Å²) in [6.45, 7) is 4.85. The molecule has 1 saturated heterocycles. The molecule has 1 aromatic heterocycles. The summed E-state index contributed by atoms with van der Waals surface area (Å²) in [5.41, 5.74) is 7.01. The highest BCUT2D eigenvalue weighted by Gasteiger charge is 2.27. The smallest absolute Gasteiger partial charge is 0.409 e. The van der Waals surface area contributed by atoms with Gasteiger partial charge in [-0.1, -0.05) is 12.1 Å². The molecule has 0 radical (unpaired) electrons. The third-order valence-corrected chi connectivity index (χ3v) is 7.76. The molecule has 39 heavy (non-hydrogen) atoms. The molecule has 2 amide bonds. The lowest BCUT2D eigenvalue weighted by Gasteiger charge is -2.34. The van der Waals surface area contributed by atoms with E-state index in [1.54, 1.807) is 31.1 Å². The van der Waals surface area contributed by atoms with Gasteiger partial charge in [-0.05, 0) is 85.7 Å². The van der Waals surface area contributed by atoms with E-state index in [0.29, 0.717) is 58.6 Å². The van der Waals surface area contributed by atoms with Gasteiger partial charge in [-0.2, -0.15) is 0 Å². The van der Waals surface area contributed by atoms with Gasteiger partial charge in [0, 0.05) is 50.4 Å². The van der Waals surface area contributed by atoms with Gasteiger partial charge in [0.15, 0.2) is 0 Å². The Kier molecular flexibility index (Phi) is 8.19. The Hall–Kier alpha value is -3.81. The Morgan fingerprint density at radius 2 is 1.69 bits per heavy atom. The molecule has 206 valence electrons. The zero-order chi connectivity index (χ0) is 27.4. The van der Waals surface area contributed by atoms with E-state index >= 15 is 0 Å². The minimum atomic E-state index is -0.316. The fourth-order valence-electron chi connectivity index (χ4n) is 5.72. The number of halogens is 1. The maximum Gasteiger partial charge on any atom is 0.409 e. The monoisotopic (exact) mass is 533 g/mol. The molecule has 0 spiro atoms. The molecule has 5 rings (SSSR count). The number of amides is 2. The zero-order valence-electron chi connectivity index (χ0n) is 22.7. The van der Waals surface area contributed by atoms with Gasteiger partial charge in [0.25, 0.3) is 0 Å². The standard InChI is InChI=1S/C31H36FN3O4/c1-3-39-31(37)34-17-15-33(16-18-34)29(36)12-9-26-20-24-8-7-23-21-27(38-2)10-11-28(23)30(24)35(26)14-13-22-5-4-6-25(32)19-22/h4-6,10-11,19-21H,3,7-9,12-18H2,1-2H3. The van der Waals surface area contributed by atoms with Gasteiger partial charge in [0.05, 0.1) is 19.4 Å². The molecule has 7 nitrogen and oxygen atoms in total. The summed E-state index contributed by atoms with van der Waals surface area (Å²) in [6.07, 6.45) is 3.27. The van der Waals surface area contributed by atoms with Gasteiger partial charge in [0.1, 0.15) is 11.6 Å². The molecule has 0 atom stereocenters. The van der Waals surface area contributed by atoms with E-state index in [-0.39, 0.29) is 17.8 Å². The van der Waals surface area contributed by atoms with Crippen molar-refractivity contribution in [2.24, 2.45) is 0 Å². The van der Waals surface area contributed by atoms with Gasteiger partial charge in [-0.3, -0.25) is 4.79 Å². The minimum absolute atomic E-state index is 0.0968. The lowest BCUT2D eigenvalue weighted by molar-refractivity contribution is -0.132. The van der Waals surface area contributed by atoms with Gasteiger partial charge >= 0.3 is 6.09 Å². The van der Waals surface area contributed by atoms with Crippen LogP contribution in [-0.4, -0.2) is 66.3 Å². The van der Waals surface area contributed by atoms with E-state index in [1.807, 2.05) is 17.0 Å². The van der Waals surface area contributed by atoms with Crippen LogP contribution in [0.3, 0.4) is 0 Å². The highest BCUT2D eigenvalue weighted by atomic mass is 19.1. The Morgan fingerprint density at radius 1 is 0.923 bits per heavy atom. The highest BCUT2D eigenvalue weighted by Crippen LogP contribution is 2.38. The zero-order valence-corrected chi connectivity index (χ0v) is 22.7. The van der Waals surface area contributed by atoms with Gasteiger partial charge in [-0.25, -0.2) is 9.18 Å². The van der Waals surface area contributed by atoms with Crippen molar-refractivity contribution in [1.82, 2.24) is 14.4 Å². The third-order valence-electron chi connectivity index (χ3n) is 7.76. The first-order valence-corrected chi connectivity index (χ1v) is 13.8. The second-order valence-corrected chi connectivity index (χ2v) is 10.1. The Balaban J connectivity index is 1.34. The summed E-state index contributed by atoms with van der Waals surface area (Å²) in [4.78, 5) is 28.6. The minimum Gasteiger partial charge on any atom is -0.497 e. The Bertz CT molecular complexity index is 1340. The number of fused-ring (bicyclic) bond motifs is 3. The summed E-state index contributed by atoms with van der Waals surface area (Å²) >= 11 is 0. The number of benzene rings is 2. The van der Waals surface area contributed by atoms with E-state index in [2.05, 4.69) is 22.8 Å². The van der Waals surface area contributed by atoms with Crippen LogP contribution < -0.4 is 4.74 Å². The Morgan fingerprint density at radius 3 is 2.44 bits per heavy atom. The molecule has 1 aliphatic heterocycles. The van der Waals surface area contributed by atoms with Gasteiger partial charge in [-0.15, -0.1) is 0 Å². The van der Waals surface area contributed by atoms with E-state index < -0.39 is 0 Å². The van der Waals surface area contributed by atoms with E-state index in [1.165, 1.54) is 28.5 Å². The Labute approximate surface area is 229 Å². The molecular formula is C31H36FN3O4. The number of carbonyl (C=O) groups is 2. The second kappa shape index (κ2) is 11.9. The lowest BCUT2D eigenvalue weighted by atomic mass is 9.90. The first-order valence-electron chi connectivity index (χ1n) is 13.8. The quantitative estimate of drug-likeness (QED) is 0.414. The van der Waals surface area contributed by atoms with Crippen LogP contribution in [0.2, 0.25) is 0 Å². The van der Waals surface area contributed by atoms with Crippen molar-refractivity contribution < 1.29 is 23.5 Å². The maximum absolute atomic E-state index is 13.9. The predicted molar refractivity (Wildman–Crippen MR) is 147 cm³/mol. The third kappa shape index (κ3) is 5.95. The number of rotatable bonds is 8. The summed E-state index contributed by atoms with van der Waals surface area (Å²) in [7, 11) is 1.68. The molecule has 0 saturated carbocycles. The fourth-order valence-corrected chi connectivity index (χ4v) is 5.72. The van der Waals surface area contributed by atoms with Crippen molar-refractivity contribution in [2.45, 2.75) is 45.6 Å². The van der Waals surface area contributed by atoms with E-state index in [0.717, 1.165) is 29.8 Å². The normalized spacial score (nSPS) is 14.5. The lowest BCUT2D eigenvalue weighted by Crippen LogP contribution is -2.50. The van der Waals surface area contributed by atoms with Gasteiger partial charge < -0.3 is 23.8 Å². The average molecular weight is 534 g/mol. The fraction of sp³-hybridized carbons (Fsp3) is 0.419. The highest BCUT2D eigenvalue weighted by molar-refractivity contribution is 5.77. The van der Waals surface area contributed by atoms with Crippen LogP contribution in [-0.2, 0) is 41.8 Å². The first kappa shape index (κ1) is 26.8. The SMILES string of the molecule is CCOC(=O)N1CCN(C(=O)CCc2cc3c(n2CCc2cccc(F)c2)-c2ccc(OC)cc2CC3)CC1. The number of ether oxygens (including phenoxy) is 2. The predicted octanol–water partition coefficient (Wildman–Crippen LogP) is 4.88. The molecule has 1 fully saturated rings. The van der Waals surface area contributed by atoms with Crippen LogP contribution in [0.5, 0.6) is 5.75 Å². The molecule has 0 N–H and O–H groups in total. The van der Waals surface area contributed by atoms with Gasteiger partial charge in [0.2, 0.25) is 5.91 Å². The van der Waals surface area contributed by atoms with Crippen molar-refractivity contribution >= 4 is 12.0 Å². The number of aromatic nitrogens is 1. The molecule has 0 bridgehead atoms. The first-order chi connectivity index (χ1) is 19.0. The number of piperazine rings is 1. The van der Waals surface area contributed by atoms with Crippen LogP contribution >= 0.6 is 0 Å². The summed E-state index contributed by atoms with van der Waals surface area (Å²) in [6, 6.07) is 15.2. The van der Waals surface area contributed by atoms with E-state index in [4.69, 9.17) is 9.47 Å². The van der Waals surface area contributed by atoms with E-state index in [9.17, 15) is 14.0 Å². The topological polar surface area (TPSA) is 64.0 Å². The molecule has 2 aliphatic rings. The number of carbonyl (C=O) groups excluding carboxylic acids is 2. The van der Waals surface area contributed by atoms with Crippen molar-refractivity contribution in [2.75, 3.05) is 39.9 Å². The number of hydrogen-bond donors (Lipinski definition) is 0. The maximum atomic E-state index is 13.9. The van der Waals surface area contributed by atoms with Crippen LogP contribution in [0, 0.1) is 5.82 Å². The number of methoxy groups -OCH3 is 1. The molecule has 0 unspecified atom stereocenters. The van der Waals surface area contributed by atoms with Crippen molar-refractivity contribution in [1.29, 1.82) is 0 Å². The summed E-state index contributed by atoms with van der Waals surface area (Å²) in [5.74, 6) is 0.719. The summed E-state index contributed by atoms with van der Waals surface area (Å²) in [5, 5.41) is 0. The number of hydrogen-bond acceptors (Lipinski definition) is 4. The molecule has 1 aliphatic carbocycles. The molecule has 3 aromatic rings.